The van der Waals surface area contributed by atoms with Gasteiger partial charge in [0, 0.05) is 12.4 Å². The zero-order chi connectivity index (χ0) is 12.1. The monoisotopic (exact) mass is 222 g/mol. The van der Waals surface area contributed by atoms with E-state index in [4.69, 9.17) is 0 Å². The summed E-state index contributed by atoms with van der Waals surface area (Å²) in [6.45, 7) is 2.05. The average Bonchev–Trinajstić information content (AvgIpc) is 2.37. The molecule has 0 aliphatic heterocycles. The number of aromatic nitrogens is 1. The van der Waals surface area contributed by atoms with E-state index in [0.29, 0.717) is 0 Å². The lowest BCUT2D eigenvalue weighted by Crippen LogP contribution is -2.00. The van der Waals surface area contributed by atoms with Crippen molar-refractivity contribution in [2.45, 2.75) is 19.3 Å². The molecular weight excluding hydrogens is 208 g/mol. The molecule has 2 heteroatoms. The Balaban J connectivity index is 2.21. The molecule has 0 saturated carbocycles. The number of hydrogen-bond acceptors (Lipinski definition) is 2. The Morgan fingerprint density at radius 2 is 2.00 bits per heavy atom. The molecule has 0 bridgehead atoms. The third-order valence-electron chi connectivity index (χ3n) is 2.79. The fourth-order valence-electron chi connectivity index (χ4n) is 1.88. The summed E-state index contributed by atoms with van der Waals surface area (Å²) in [7, 11) is 0. The van der Waals surface area contributed by atoms with Crippen molar-refractivity contribution in [1.29, 1.82) is 5.26 Å². The van der Waals surface area contributed by atoms with Crippen molar-refractivity contribution in [2.75, 3.05) is 0 Å². The van der Waals surface area contributed by atoms with E-state index in [1.807, 2.05) is 37.3 Å². The second kappa shape index (κ2) is 5.27. The van der Waals surface area contributed by atoms with Gasteiger partial charge in [-0.3, -0.25) is 4.98 Å². The van der Waals surface area contributed by atoms with Crippen LogP contribution in [-0.2, 0) is 6.42 Å². The molecule has 1 atom stereocenters. The molecule has 2 rings (SSSR count). The van der Waals surface area contributed by atoms with Crippen molar-refractivity contribution in [3.8, 4) is 6.07 Å². The number of benzene rings is 1. The molecule has 0 radical (unpaired) electrons. The van der Waals surface area contributed by atoms with Gasteiger partial charge in [0.25, 0.3) is 0 Å². The van der Waals surface area contributed by atoms with Crippen LogP contribution in [0, 0.1) is 18.3 Å². The van der Waals surface area contributed by atoms with Crippen LogP contribution in [0.4, 0.5) is 0 Å². The highest BCUT2D eigenvalue weighted by Gasteiger charge is 2.11. The molecule has 0 aliphatic carbocycles. The van der Waals surface area contributed by atoms with Crippen molar-refractivity contribution >= 4 is 0 Å². The molecular formula is C15H14N2. The van der Waals surface area contributed by atoms with Crippen LogP contribution in [0.3, 0.4) is 0 Å². The smallest absolute Gasteiger partial charge is 0.0753 e. The first kappa shape index (κ1) is 11.3. The van der Waals surface area contributed by atoms with E-state index in [1.165, 1.54) is 5.56 Å². The van der Waals surface area contributed by atoms with Crippen molar-refractivity contribution in [3.05, 3.63) is 65.5 Å². The average molecular weight is 222 g/mol. The molecule has 1 heterocycles. The summed E-state index contributed by atoms with van der Waals surface area (Å²) in [5, 5.41) is 9.27. The lowest BCUT2D eigenvalue weighted by Gasteiger charge is -2.10. The van der Waals surface area contributed by atoms with Crippen molar-refractivity contribution < 1.29 is 0 Å². The highest BCUT2D eigenvalue weighted by Crippen LogP contribution is 2.20. The Morgan fingerprint density at radius 1 is 1.24 bits per heavy atom. The lowest BCUT2D eigenvalue weighted by atomic mass is 9.93. The molecule has 1 unspecified atom stereocenters. The maximum Gasteiger partial charge on any atom is 0.0753 e. The summed E-state index contributed by atoms with van der Waals surface area (Å²) < 4.78 is 0. The van der Waals surface area contributed by atoms with Crippen molar-refractivity contribution in [3.63, 3.8) is 0 Å². The standard InChI is InChI=1S/C15H14N2/c1-12-3-2-4-14(9-12)15(11-16)10-13-5-7-17-8-6-13/h2-9,15H,10H2,1H3. The molecule has 0 saturated heterocycles. The number of hydrogen-bond donors (Lipinski definition) is 0. The lowest BCUT2D eigenvalue weighted by molar-refractivity contribution is 0.846. The summed E-state index contributed by atoms with van der Waals surface area (Å²) >= 11 is 0. The van der Waals surface area contributed by atoms with Gasteiger partial charge in [-0.25, -0.2) is 0 Å². The maximum absolute atomic E-state index is 9.27. The van der Waals surface area contributed by atoms with E-state index >= 15 is 0 Å². The number of rotatable bonds is 3. The Morgan fingerprint density at radius 3 is 2.65 bits per heavy atom. The van der Waals surface area contributed by atoms with Crippen LogP contribution in [0.15, 0.2) is 48.8 Å². The van der Waals surface area contributed by atoms with Gasteiger partial charge in [-0.15, -0.1) is 0 Å². The van der Waals surface area contributed by atoms with Gasteiger partial charge in [0.05, 0.1) is 12.0 Å². The molecule has 2 aromatic rings. The third kappa shape index (κ3) is 2.92. The van der Waals surface area contributed by atoms with Gasteiger partial charge in [0.2, 0.25) is 0 Å². The van der Waals surface area contributed by atoms with Crippen LogP contribution in [-0.4, -0.2) is 4.98 Å². The minimum Gasteiger partial charge on any atom is -0.265 e. The van der Waals surface area contributed by atoms with Gasteiger partial charge in [-0.2, -0.15) is 5.26 Å². The second-order valence-electron chi connectivity index (χ2n) is 4.16. The van der Waals surface area contributed by atoms with Gasteiger partial charge >= 0.3 is 0 Å². The molecule has 2 nitrogen and oxygen atoms in total. The zero-order valence-corrected chi connectivity index (χ0v) is 9.80. The van der Waals surface area contributed by atoms with E-state index in [1.54, 1.807) is 12.4 Å². The largest absolute Gasteiger partial charge is 0.265 e. The fraction of sp³-hybridized carbons (Fsp3) is 0.200. The predicted molar refractivity (Wildman–Crippen MR) is 67.5 cm³/mol. The Hall–Kier alpha value is -2.14. The van der Waals surface area contributed by atoms with Crippen LogP contribution in [0.25, 0.3) is 0 Å². The van der Waals surface area contributed by atoms with Crippen molar-refractivity contribution in [2.24, 2.45) is 0 Å². The summed E-state index contributed by atoms with van der Waals surface area (Å²) in [5.74, 6) is -0.0858. The minimum atomic E-state index is -0.0858. The molecule has 0 N–H and O–H groups in total. The predicted octanol–water partition coefficient (Wildman–Crippen LogP) is 3.24. The van der Waals surface area contributed by atoms with E-state index in [-0.39, 0.29) is 5.92 Å². The van der Waals surface area contributed by atoms with E-state index in [0.717, 1.165) is 17.5 Å². The molecule has 1 aromatic carbocycles. The molecule has 0 amide bonds. The van der Waals surface area contributed by atoms with Gasteiger partial charge < -0.3 is 0 Å². The normalized spacial score (nSPS) is 11.8. The molecule has 84 valence electrons. The van der Waals surface area contributed by atoms with Crippen LogP contribution in [0.2, 0.25) is 0 Å². The second-order valence-corrected chi connectivity index (χ2v) is 4.16. The number of nitriles is 1. The molecule has 1 aromatic heterocycles. The first-order valence-corrected chi connectivity index (χ1v) is 5.64. The summed E-state index contributed by atoms with van der Waals surface area (Å²) in [6.07, 6.45) is 4.27. The summed E-state index contributed by atoms with van der Waals surface area (Å²) in [4.78, 5) is 3.98. The van der Waals surface area contributed by atoms with Crippen LogP contribution in [0.1, 0.15) is 22.6 Å². The quantitative estimate of drug-likeness (QED) is 0.799. The topological polar surface area (TPSA) is 36.7 Å². The molecule has 17 heavy (non-hydrogen) atoms. The number of pyridine rings is 1. The minimum absolute atomic E-state index is 0.0858. The van der Waals surface area contributed by atoms with E-state index < -0.39 is 0 Å². The van der Waals surface area contributed by atoms with Crippen LogP contribution < -0.4 is 0 Å². The molecule has 0 spiro atoms. The van der Waals surface area contributed by atoms with Gasteiger partial charge in [0.1, 0.15) is 0 Å². The maximum atomic E-state index is 9.27. The highest BCUT2D eigenvalue weighted by molar-refractivity contribution is 5.31. The first-order valence-electron chi connectivity index (χ1n) is 5.64. The van der Waals surface area contributed by atoms with E-state index in [2.05, 4.69) is 17.1 Å². The van der Waals surface area contributed by atoms with Crippen LogP contribution >= 0.6 is 0 Å². The van der Waals surface area contributed by atoms with Gasteiger partial charge in [0.15, 0.2) is 0 Å². The summed E-state index contributed by atoms with van der Waals surface area (Å²) in [6, 6.07) is 14.4. The number of aryl methyl sites for hydroxylation is 1. The van der Waals surface area contributed by atoms with Crippen LogP contribution in [0.5, 0.6) is 0 Å². The number of nitrogens with zero attached hydrogens (tertiary/aromatic N) is 2. The van der Waals surface area contributed by atoms with Crippen molar-refractivity contribution in [1.82, 2.24) is 4.98 Å². The Bertz CT molecular complexity index is 526. The molecule has 0 fully saturated rings. The van der Waals surface area contributed by atoms with Gasteiger partial charge in [-0.05, 0) is 36.6 Å². The summed E-state index contributed by atoms with van der Waals surface area (Å²) in [5.41, 5.74) is 3.43. The fourth-order valence-corrected chi connectivity index (χ4v) is 1.88. The zero-order valence-electron chi connectivity index (χ0n) is 9.80. The van der Waals surface area contributed by atoms with Gasteiger partial charge in [-0.1, -0.05) is 29.8 Å². The SMILES string of the molecule is Cc1cccc(C(C#N)Cc2ccncc2)c1. The first-order chi connectivity index (χ1) is 8.29. The third-order valence-corrected chi connectivity index (χ3v) is 2.79. The Kier molecular flexibility index (Phi) is 3.52. The van der Waals surface area contributed by atoms with E-state index in [9.17, 15) is 5.26 Å². The Labute approximate surface area is 102 Å². The molecule has 0 aliphatic rings. The highest BCUT2D eigenvalue weighted by atomic mass is 14.6.